The third-order valence-electron chi connectivity index (χ3n) is 4.91. The third kappa shape index (κ3) is 1.91. The second-order valence-corrected chi connectivity index (χ2v) is 6.22. The Labute approximate surface area is 138 Å². The molecular formula is C19H16N2O3. The highest BCUT2D eigenvalue weighted by atomic mass is 16.6. The van der Waals surface area contributed by atoms with E-state index < -0.39 is 0 Å². The highest BCUT2D eigenvalue weighted by Gasteiger charge is 2.27. The van der Waals surface area contributed by atoms with Crippen LogP contribution in [0.4, 0.5) is 5.69 Å². The fourth-order valence-electron chi connectivity index (χ4n) is 3.78. The van der Waals surface area contributed by atoms with Crippen molar-refractivity contribution in [2.24, 2.45) is 0 Å². The molecule has 0 saturated heterocycles. The highest BCUT2D eigenvalue weighted by molar-refractivity contribution is 6.00. The van der Waals surface area contributed by atoms with Gasteiger partial charge in [0.15, 0.2) is 5.78 Å². The van der Waals surface area contributed by atoms with Crippen molar-refractivity contribution in [2.75, 3.05) is 0 Å². The first-order valence-corrected chi connectivity index (χ1v) is 7.89. The largest absolute Gasteiger partial charge is 0.340 e. The van der Waals surface area contributed by atoms with Gasteiger partial charge in [0.25, 0.3) is 5.69 Å². The molecule has 5 heteroatoms. The number of aryl methyl sites for hydroxylation is 2. The van der Waals surface area contributed by atoms with Crippen LogP contribution >= 0.6 is 0 Å². The van der Waals surface area contributed by atoms with E-state index in [1.54, 1.807) is 19.1 Å². The number of carbonyl (C=O) groups is 1. The van der Waals surface area contributed by atoms with Gasteiger partial charge in [-0.05, 0) is 31.9 Å². The number of fused-ring (bicyclic) bond motifs is 5. The second-order valence-electron chi connectivity index (χ2n) is 6.22. The Hall–Kier alpha value is -2.95. The van der Waals surface area contributed by atoms with Gasteiger partial charge in [0, 0.05) is 40.2 Å². The van der Waals surface area contributed by atoms with Gasteiger partial charge in [0.05, 0.1) is 10.6 Å². The van der Waals surface area contributed by atoms with E-state index in [4.69, 9.17) is 0 Å². The predicted octanol–water partition coefficient (Wildman–Crippen LogP) is 4.28. The van der Waals surface area contributed by atoms with E-state index in [1.807, 2.05) is 31.2 Å². The minimum Gasteiger partial charge on any atom is -0.340 e. The normalized spacial score (nSPS) is 12.8. The van der Waals surface area contributed by atoms with Gasteiger partial charge in [0.1, 0.15) is 0 Å². The van der Waals surface area contributed by atoms with Gasteiger partial charge in [-0.2, -0.15) is 0 Å². The molecule has 0 unspecified atom stereocenters. The van der Waals surface area contributed by atoms with E-state index in [9.17, 15) is 14.9 Å². The summed E-state index contributed by atoms with van der Waals surface area (Å²) < 4.78 is 2.18. The van der Waals surface area contributed by atoms with Crippen LogP contribution in [-0.2, 0) is 13.0 Å². The molecule has 0 saturated carbocycles. The fraction of sp³-hybridized carbons (Fsp3) is 0.211. The molecule has 0 amide bonds. The molecule has 1 aliphatic rings. The van der Waals surface area contributed by atoms with Crippen molar-refractivity contribution >= 4 is 22.4 Å². The van der Waals surface area contributed by atoms with E-state index in [1.165, 1.54) is 0 Å². The minimum atomic E-state index is -0.305. The van der Waals surface area contributed by atoms with Gasteiger partial charge in [-0.15, -0.1) is 0 Å². The average Bonchev–Trinajstić information content (AvgIpc) is 2.86. The summed E-state index contributed by atoms with van der Waals surface area (Å²) in [5.41, 5.74) is 5.74. The zero-order valence-corrected chi connectivity index (χ0v) is 13.5. The number of nitrogens with zero attached hydrogens (tertiary/aromatic N) is 2. The number of hydrogen-bond donors (Lipinski definition) is 0. The zero-order chi connectivity index (χ0) is 17.0. The first-order chi connectivity index (χ1) is 11.5. The van der Waals surface area contributed by atoms with Crippen LogP contribution < -0.4 is 0 Å². The number of Topliss-reactive ketones (excluding diaryl/α,β-unsaturated/α-hetero) is 1. The molecule has 24 heavy (non-hydrogen) atoms. The van der Waals surface area contributed by atoms with Crippen LogP contribution in [0.15, 0.2) is 36.4 Å². The summed E-state index contributed by atoms with van der Waals surface area (Å²) in [6.07, 6.45) is 0.618. The molecule has 1 aliphatic heterocycles. The van der Waals surface area contributed by atoms with Gasteiger partial charge in [-0.25, -0.2) is 0 Å². The molecule has 0 atom stereocenters. The highest BCUT2D eigenvalue weighted by Crippen LogP contribution is 2.41. The fourth-order valence-corrected chi connectivity index (χ4v) is 3.78. The SMILES string of the molecule is CC(=O)c1ccc2c(C)c3n(c2c1)CCc1c-3cccc1[N+](=O)[O-]. The summed E-state index contributed by atoms with van der Waals surface area (Å²) in [6, 6.07) is 11.0. The lowest BCUT2D eigenvalue weighted by Crippen LogP contribution is -2.12. The molecule has 3 aromatic rings. The topological polar surface area (TPSA) is 65.1 Å². The number of nitro groups is 1. The molecule has 120 valence electrons. The molecule has 2 aromatic carbocycles. The van der Waals surface area contributed by atoms with Crippen LogP contribution in [0.5, 0.6) is 0 Å². The Morgan fingerprint density at radius 1 is 1.25 bits per heavy atom. The lowest BCUT2D eigenvalue weighted by Gasteiger charge is -2.20. The van der Waals surface area contributed by atoms with Crippen molar-refractivity contribution in [1.29, 1.82) is 0 Å². The van der Waals surface area contributed by atoms with Crippen molar-refractivity contribution in [3.63, 3.8) is 0 Å². The number of ketones is 1. The zero-order valence-electron chi connectivity index (χ0n) is 13.5. The first kappa shape index (κ1) is 14.6. The van der Waals surface area contributed by atoms with Crippen molar-refractivity contribution in [3.05, 3.63) is 63.2 Å². The van der Waals surface area contributed by atoms with E-state index in [0.717, 1.165) is 33.3 Å². The van der Waals surface area contributed by atoms with E-state index >= 15 is 0 Å². The summed E-state index contributed by atoms with van der Waals surface area (Å²) in [5.74, 6) is 0.0388. The standard InChI is InChI=1S/C19H16N2O3/c1-11-14-7-6-13(12(2)22)10-18(14)20-9-8-15-16(19(11)20)4-3-5-17(15)21(23)24/h3-7,10H,8-9H2,1-2H3. The van der Waals surface area contributed by atoms with Gasteiger partial charge in [-0.3, -0.25) is 14.9 Å². The van der Waals surface area contributed by atoms with Crippen molar-refractivity contribution < 1.29 is 9.72 Å². The molecule has 1 aromatic heterocycles. The lowest BCUT2D eigenvalue weighted by atomic mass is 9.95. The Morgan fingerprint density at radius 3 is 2.75 bits per heavy atom. The van der Waals surface area contributed by atoms with Crippen LogP contribution in [0.3, 0.4) is 0 Å². The maximum absolute atomic E-state index is 11.7. The molecule has 0 N–H and O–H groups in total. The summed E-state index contributed by atoms with van der Waals surface area (Å²) in [6.45, 7) is 4.28. The molecule has 5 nitrogen and oxygen atoms in total. The molecule has 4 rings (SSSR count). The van der Waals surface area contributed by atoms with E-state index in [0.29, 0.717) is 18.5 Å². The maximum atomic E-state index is 11.7. The smallest absolute Gasteiger partial charge is 0.273 e. The number of benzene rings is 2. The molecule has 0 aliphatic carbocycles. The molecule has 0 spiro atoms. The van der Waals surface area contributed by atoms with Crippen LogP contribution in [0, 0.1) is 17.0 Å². The van der Waals surface area contributed by atoms with Gasteiger partial charge >= 0.3 is 0 Å². The average molecular weight is 320 g/mol. The number of hydrogen-bond acceptors (Lipinski definition) is 3. The summed E-state index contributed by atoms with van der Waals surface area (Å²) in [4.78, 5) is 22.7. The van der Waals surface area contributed by atoms with Crippen molar-refractivity contribution in [3.8, 4) is 11.3 Å². The van der Waals surface area contributed by atoms with Crippen LogP contribution in [0.2, 0.25) is 0 Å². The predicted molar refractivity (Wildman–Crippen MR) is 92.5 cm³/mol. The Bertz CT molecular complexity index is 1030. The summed E-state index contributed by atoms with van der Waals surface area (Å²) >= 11 is 0. The van der Waals surface area contributed by atoms with Gasteiger partial charge in [0.2, 0.25) is 0 Å². The monoisotopic (exact) mass is 320 g/mol. The van der Waals surface area contributed by atoms with Crippen molar-refractivity contribution in [1.82, 2.24) is 4.57 Å². The Morgan fingerprint density at radius 2 is 2.04 bits per heavy atom. The van der Waals surface area contributed by atoms with Crippen molar-refractivity contribution in [2.45, 2.75) is 26.8 Å². The van der Waals surface area contributed by atoms with Crippen LogP contribution in [-0.4, -0.2) is 15.3 Å². The van der Waals surface area contributed by atoms with Gasteiger partial charge in [-0.1, -0.05) is 24.3 Å². The van der Waals surface area contributed by atoms with E-state index in [-0.39, 0.29) is 16.4 Å². The number of rotatable bonds is 2. The molecule has 0 radical (unpaired) electrons. The number of aromatic nitrogens is 1. The third-order valence-corrected chi connectivity index (χ3v) is 4.91. The van der Waals surface area contributed by atoms with E-state index in [2.05, 4.69) is 4.57 Å². The molecular weight excluding hydrogens is 304 g/mol. The Kier molecular flexibility index (Phi) is 3.06. The molecule has 0 fully saturated rings. The summed E-state index contributed by atoms with van der Waals surface area (Å²) in [7, 11) is 0. The summed E-state index contributed by atoms with van der Waals surface area (Å²) in [5, 5.41) is 12.4. The Balaban J connectivity index is 2.05. The number of carbonyl (C=O) groups excluding carboxylic acids is 1. The van der Waals surface area contributed by atoms with Gasteiger partial charge < -0.3 is 4.57 Å². The van der Waals surface area contributed by atoms with Crippen LogP contribution in [0.1, 0.15) is 28.4 Å². The molecule has 2 heterocycles. The number of nitro benzene ring substituents is 1. The second kappa shape index (κ2) is 5.03. The quantitative estimate of drug-likeness (QED) is 0.402. The van der Waals surface area contributed by atoms with Crippen LogP contribution in [0.25, 0.3) is 22.2 Å². The minimum absolute atomic E-state index is 0.0388. The molecule has 0 bridgehead atoms. The first-order valence-electron chi connectivity index (χ1n) is 7.89. The lowest BCUT2D eigenvalue weighted by molar-refractivity contribution is -0.385. The maximum Gasteiger partial charge on any atom is 0.273 e.